The number of allylic oxidation sites excluding steroid dienone is 2. The van der Waals surface area contributed by atoms with Gasteiger partial charge in [0.1, 0.15) is 18.1 Å². The zero-order valence-electron chi connectivity index (χ0n) is 59.0. The van der Waals surface area contributed by atoms with Crippen LogP contribution >= 0.6 is 11.8 Å². The van der Waals surface area contributed by atoms with E-state index >= 15 is 24.0 Å². The molecule has 1 fully saturated rings. The molecule has 1 aliphatic rings. The van der Waals surface area contributed by atoms with Gasteiger partial charge in [-0.25, -0.2) is 0 Å². The Morgan fingerprint density at radius 2 is 0.900 bits per heavy atom. The van der Waals surface area contributed by atoms with Gasteiger partial charge in [0.05, 0.1) is 0 Å². The number of nitrogens with one attached hydrogen (secondary N) is 4. The quantitative estimate of drug-likeness (QED) is 0.0798. The van der Waals surface area contributed by atoms with Gasteiger partial charge < -0.3 is 15.5 Å². The average Bonchev–Trinajstić information content (AvgIpc) is 1.57. The van der Waals surface area contributed by atoms with Crippen LogP contribution in [0.5, 0.6) is 0 Å². The molecule has 0 aromatic heterocycles. The van der Waals surface area contributed by atoms with Crippen LogP contribution in [0, 0.1) is 41.4 Å². The molecule has 0 bridgehead atoms. The molecular weight excluding hydrogens is 1340 g/mol. The first-order valence-corrected chi connectivity index (χ1v) is 35.0. The molecule has 7 N–H and O–H groups in total. The van der Waals surface area contributed by atoms with Gasteiger partial charge >= 0.3 is 388 Å². The summed E-state index contributed by atoms with van der Waals surface area (Å²) in [7, 11) is 10.6. The summed E-state index contributed by atoms with van der Waals surface area (Å²) in [6, 6.07) is -12.4. The van der Waals surface area contributed by atoms with E-state index in [-0.39, 0.29) is 68.1 Å². The van der Waals surface area contributed by atoms with E-state index in [1.165, 1.54) is 102 Å². The molecule has 23 nitrogen and oxygen atoms in total. The summed E-state index contributed by atoms with van der Waals surface area (Å²) in [6.45, 7) is 31.0. The number of amides is 10. The van der Waals surface area contributed by atoms with Gasteiger partial charge in [0.15, 0.2) is 0 Å². The van der Waals surface area contributed by atoms with E-state index in [2.05, 4.69) is 21.3 Å². The van der Waals surface area contributed by atoms with Crippen molar-refractivity contribution in [1.82, 2.24) is 55.6 Å². The molecule has 0 saturated carbocycles. The fourth-order valence-corrected chi connectivity index (χ4v) is 13.8. The van der Waals surface area contributed by atoms with Crippen molar-refractivity contribution >= 4 is 74.9 Å². The van der Waals surface area contributed by atoms with Crippen LogP contribution < -0.4 is 27.0 Å². The number of aliphatic hydroxyl groups is 1. The first kappa shape index (κ1) is 83.2. The number of carbonyl (C=O) groups excluding carboxylic acids is 10. The molecule has 0 unspecified atom stereocenters. The molecule has 0 aromatic carbocycles. The van der Waals surface area contributed by atoms with Crippen molar-refractivity contribution in [2.24, 2.45) is 47.2 Å². The van der Waals surface area contributed by atoms with Crippen molar-refractivity contribution in [3.63, 3.8) is 0 Å². The molecule has 0 aromatic rings. The predicted octanol–water partition coefficient (Wildman–Crippen LogP) is 3.48. The topological polar surface area (TPSA) is 288 Å². The Morgan fingerprint density at radius 3 is 1.34 bits per heavy atom. The summed E-state index contributed by atoms with van der Waals surface area (Å²) in [5, 5.41) is 24.2. The Kier molecular flexibility index (Phi) is 36.1. The van der Waals surface area contributed by atoms with E-state index in [9.17, 15) is 29.1 Å². The summed E-state index contributed by atoms with van der Waals surface area (Å²) >= 11 is 2.17. The van der Waals surface area contributed by atoms with E-state index in [1.54, 1.807) is 27.8 Å². The molecule has 0 aliphatic carbocycles. The van der Waals surface area contributed by atoms with Crippen molar-refractivity contribution < 1.29 is 72.4 Å². The summed E-state index contributed by atoms with van der Waals surface area (Å²) in [6.07, 6.45) is 3.97. The second-order valence-electron chi connectivity index (χ2n) is 27.2. The van der Waals surface area contributed by atoms with Gasteiger partial charge in [-0.2, -0.15) is 0 Å². The van der Waals surface area contributed by atoms with Crippen LogP contribution in [-0.2, 0) is 67.3 Å². The number of hydrogen-bond acceptors (Lipinski definition) is 14. The third kappa shape index (κ3) is 23.7. The van der Waals surface area contributed by atoms with E-state index in [0.29, 0.717) is 16.2 Å². The molecule has 10 amide bonds. The SMILES string of the molecule is C/C=C/C[C@@H](C)[C@@H](O)[C@@H]1[C](=[W])N[C@H](CC)C(=O)N(C)[C@H](CSCCN)C(=O)N(C)[C@@H](CC(C)C)C(=O)N[C@H](C(C)C)C(=O)N(C)[C@H](CC(C)C)C(=O)N[C@H](C)C(=O)N[C@@H](C)C(=O)N(C)[C@H](CC(C)C)C(=O)N(C)[C@H](CC(C)C)C(=O)N(C)[C@H](C(C)C)C(=O)N1C. The van der Waals surface area contributed by atoms with Gasteiger partial charge in [-0.15, -0.1) is 0 Å². The Morgan fingerprint density at radius 1 is 0.500 bits per heavy atom. The third-order valence-electron chi connectivity index (χ3n) is 16.9. The van der Waals surface area contributed by atoms with Crippen LogP contribution in [0.15, 0.2) is 12.2 Å². The normalized spacial score (nSPS) is 27.0. The molecule has 90 heavy (non-hydrogen) atoms. The molecule has 13 atom stereocenters. The number of aliphatic hydroxyl groups excluding tert-OH is 1. The summed E-state index contributed by atoms with van der Waals surface area (Å²) < 4.78 is 0.445. The Bertz CT molecular complexity index is 2450. The minimum absolute atomic E-state index is 0.110. The van der Waals surface area contributed by atoms with Crippen molar-refractivity contribution in [1.29, 1.82) is 0 Å². The summed E-state index contributed by atoms with van der Waals surface area (Å²) in [5.74, 6) is -7.18. The van der Waals surface area contributed by atoms with Crippen LogP contribution in [0.3, 0.4) is 0 Å². The molecule has 1 rings (SSSR count). The molecule has 516 valence electrons. The standard InChI is InChI=1S/C65H118N12O11S.W/c1-25-27-28-43(15)55(78)51-35-67-46(26-2)60(83)76(23)52(36-89-30-29-66)63(86)71(18)48(32-38(5)6)58(81)70-53(41(11)12)64(87)72(19)47(31-37(3)4)57(80)68-44(16)56(79)69-45(17)59(82)73(20)49(33-39(7)8)61(84)74(21)50(34-40(9)10)62(85)77(24)54(42(13)14)65(88)75(51)22;/h25,27,37-55,67,78H,26,28-34,36,66H2,1-24H3,(H,68,80)(H,69,79)(H,70,81);/b27-25+;/t43-,44-,45+,46-,47-,48+,49-,50-,51+,52-,53-,54-,55-;/m1./s1. The van der Waals surface area contributed by atoms with E-state index in [0.717, 1.165) is 19.4 Å². The Hall–Kier alpha value is -4.77. The number of thioether (sulfide) groups is 1. The molecular formula is C65H118N12O11SW. The fraction of sp³-hybridized carbons (Fsp3) is 0.800. The van der Waals surface area contributed by atoms with Crippen molar-refractivity contribution in [3.8, 4) is 0 Å². The first-order chi connectivity index (χ1) is 41.7. The second kappa shape index (κ2) is 39.1. The van der Waals surface area contributed by atoms with Crippen molar-refractivity contribution in [2.45, 2.75) is 229 Å². The number of hydrogen-bond donors (Lipinski definition) is 6. The van der Waals surface area contributed by atoms with Crippen LogP contribution in [0.25, 0.3) is 0 Å². The van der Waals surface area contributed by atoms with Crippen LogP contribution in [-0.4, -0.2) is 242 Å². The fourth-order valence-electron chi connectivity index (χ4n) is 11.3. The number of nitrogens with two attached hydrogens (primary N) is 1. The van der Waals surface area contributed by atoms with E-state index in [4.69, 9.17) is 5.73 Å². The predicted molar refractivity (Wildman–Crippen MR) is 354 cm³/mol. The zero-order chi connectivity index (χ0) is 69.7. The number of rotatable bonds is 19. The molecule has 1 saturated heterocycles. The monoisotopic (exact) mass is 1460 g/mol. The average molecular weight is 1460 g/mol. The van der Waals surface area contributed by atoms with Crippen LogP contribution in [0.4, 0.5) is 0 Å². The Labute approximate surface area is 555 Å². The van der Waals surface area contributed by atoms with Crippen molar-refractivity contribution in [2.75, 3.05) is 67.4 Å². The van der Waals surface area contributed by atoms with Gasteiger partial charge in [0, 0.05) is 14.1 Å². The maximum absolute atomic E-state index is 15.4. The molecule has 25 heteroatoms. The van der Waals surface area contributed by atoms with Crippen molar-refractivity contribution in [3.05, 3.63) is 12.2 Å². The van der Waals surface area contributed by atoms with E-state index in [1.807, 2.05) is 95.2 Å². The summed E-state index contributed by atoms with van der Waals surface area (Å²) in [5.41, 5.74) is 5.95. The van der Waals surface area contributed by atoms with Gasteiger partial charge in [0.2, 0.25) is 23.6 Å². The van der Waals surface area contributed by atoms with Gasteiger partial charge in [-0.3, -0.25) is 19.2 Å². The molecule has 0 spiro atoms. The van der Waals surface area contributed by atoms with Gasteiger partial charge in [-0.1, -0.05) is 41.5 Å². The van der Waals surface area contributed by atoms with E-state index < -0.39 is 149 Å². The summed E-state index contributed by atoms with van der Waals surface area (Å²) in [4.78, 5) is 158. The molecule has 1 aliphatic heterocycles. The first-order valence-electron chi connectivity index (χ1n) is 32.3. The number of likely N-dealkylation sites (N-methyl/N-ethyl adjacent to an activating group) is 7. The second-order valence-corrected chi connectivity index (χ2v) is 29.9. The Balaban J connectivity index is 4.50. The molecule has 0 radical (unpaired) electrons. The zero-order valence-corrected chi connectivity index (χ0v) is 62.8. The molecule has 1 heterocycles. The van der Waals surface area contributed by atoms with Gasteiger partial charge in [-0.05, 0) is 38.0 Å². The number of nitrogens with zero attached hydrogens (tertiary/aromatic N) is 7. The van der Waals surface area contributed by atoms with Gasteiger partial charge in [0.25, 0.3) is 0 Å². The maximum atomic E-state index is 15.4. The minimum atomic E-state index is -1.22. The third-order valence-corrected chi connectivity index (χ3v) is 19.3. The number of carbonyl (C=O) groups is 10. The van der Waals surface area contributed by atoms with Crippen LogP contribution in [0.1, 0.15) is 156 Å². The van der Waals surface area contributed by atoms with Crippen LogP contribution in [0.2, 0.25) is 0 Å².